The van der Waals surface area contributed by atoms with Crippen LogP contribution in [0.15, 0.2) is 0 Å². The highest BCUT2D eigenvalue weighted by atomic mass is 31.2. The summed E-state index contributed by atoms with van der Waals surface area (Å²) in [4.78, 5) is 63.1. The fourth-order valence-corrected chi connectivity index (χ4v) is 8.68. The van der Waals surface area contributed by atoms with Crippen molar-refractivity contribution < 1.29 is 97.1 Å². The lowest BCUT2D eigenvalue weighted by Crippen LogP contribution is -2.64. The number of nitrogens with one attached hydrogen (secondary N) is 2. The number of hydrogen-bond acceptors (Lipinski definition) is 19. The molecule has 3 aliphatic heterocycles. The maximum absolute atomic E-state index is 13.3. The molecule has 3 fully saturated rings. The van der Waals surface area contributed by atoms with Crippen LogP contribution in [0.5, 0.6) is 0 Å². The molecule has 0 radical (unpaired) electrons. The van der Waals surface area contributed by atoms with Crippen LogP contribution in [0.3, 0.4) is 0 Å². The molecule has 3 heterocycles. The van der Waals surface area contributed by atoms with Gasteiger partial charge in [0, 0.05) is 60.1 Å². The number of β-amino-alcohol motifs (C(OH)–C–C–N with tert-alkyl or cyclic N) is 1. The second kappa shape index (κ2) is 28.0. The number of aliphatic hydroxyl groups excluding tert-OH is 7. The quantitative estimate of drug-likeness (QED) is 0.0208. The predicted octanol–water partition coefficient (Wildman–Crippen LogP) is -2.67. The van der Waals surface area contributed by atoms with Crippen molar-refractivity contribution in [3.05, 3.63) is 0 Å². The summed E-state index contributed by atoms with van der Waals surface area (Å²) in [7, 11) is -3.23. The van der Waals surface area contributed by atoms with Crippen LogP contribution in [0.1, 0.15) is 85.0 Å². The van der Waals surface area contributed by atoms with Crippen molar-refractivity contribution in [3.8, 4) is 0 Å². The molecule has 14 atom stereocenters. The number of phosphoric acid groups is 1. The lowest BCUT2D eigenvalue weighted by atomic mass is 9.97. The number of methoxy groups -OCH3 is 1. The van der Waals surface area contributed by atoms with Gasteiger partial charge in [0.1, 0.15) is 30.5 Å². The number of nitrogens with zero attached hydrogens (tertiary/aromatic N) is 2. The highest BCUT2D eigenvalue weighted by Crippen LogP contribution is 2.47. The lowest BCUT2D eigenvalue weighted by Gasteiger charge is -2.42. The first-order chi connectivity index (χ1) is 30.3. The van der Waals surface area contributed by atoms with Gasteiger partial charge in [-0.1, -0.05) is 12.8 Å². The van der Waals surface area contributed by atoms with Gasteiger partial charge in [-0.15, -0.1) is 0 Å². The van der Waals surface area contributed by atoms with Crippen LogP contribution >= 0.6 is 7.82 Å². The summed E-state index contributed by atoms with van der Waals surface area (Å²) < 4.78 is 51.5. The van der Waals surface area contributed by atoms with Gasteiger partial charge in [-0.2, -0.15) is 0 Å². The third-order valence-electron chi connectivity index (χ3n) is 11.0. The number of carbonyl (C=O) groups excluding carboxylic acids is 4. The Morgan fingerprint density at radius 1 is 0.844 bits per heavy atom. The SMILES string of the molecule is COC[C@@H]1C[C@@H](OP(=O)(O)OC[C@@H]2C[C@@H](O)CN2C(=O)CCCCCOC(OC(CO)C(C)O)C(O)NC(C)=O)CN1C(=O)CCCCCOC1OC(CO)C(O)C(O)C1NC(C)=O. The van der Waals surface area contributed by atoms with Gasteiger partial charge in [0.15, 0.2) is 12.5 Å². The molecule has 10 N–H and O–H groups in total. The molecule has 0 aromatic heterocycles. The molecule has 0 aliphatic carbocycles. The Kier molecular flexibility index (Phi) is 24.4. The van der Waals surface area contributed by atoms with Crippen molar-refractivity contribution in [2.45, 2.75) is 165 Å². The number of aliphatic hydroxyl groups is 7. The fourth-order valence-electron chi connectivity index (χ4n) is 7.73. The Balaban J connectivity index is 1.41. The molecule has 25 heteroatoms. The fraction of sp³-hybridized carbons (Fsp3) is 0.897. The number of carbonyl (C=O) groups is 4. The lowest BCUT2D eigenvalue weighted by molar-refractivity contribution is -0.270. The number of ether oxygens (including phenoxy) is 5. The molecule has 0 bridgehead atoms. The normalized spacial score (nSPS) is 28.9. The van der Waals surface area contributed by atoms with Gasteiger partial charge in [0.25, 0.3) is 0 Å². The predicted molar refractivity (Wildman–Crippen MR) is 220 cm³/mol. The van der Waals surface area contributed by atoms with E-state index in [2.05, 4.69) is 10.6 Å². The molecule has 372 valence electrons. The molecule has 64 heavy (non-hydrogen) atoms. The smallest absolute Gasteiger partial charge is 0.394 e. The van der Waals surface area contributed by atoms with E-state index >= 15 is 0 Å². The summed E-state index contributed by atoms with van der Waals surface area (Å²) in [6.45, 7) is 2.60. The van der Waals surface area contributed by atoms with Crippen LogP contribution in [-0.4, -0.2) is 214 Å². The number of hydrogen-bond donors (Lipinski definition) is 10. The first kappa shape index (κ1) is 55.8. The largest absolute Gasteiger partial charge is 0.472 e. The summed E-state index contributed by atoms with van der Waals surface area (Å²) in [5, 5.41) is 74.7. The first-order valence-electron chi connectivity index (χ1n) is 21.7. The monoisotopic (exact) mass is 946 g/mol. The van der Waals surface area contributed by atoms with Crippen molar-refractivity contribution >= 4 is 31.5 Å². The minimum atomic E-state index is -4.70. The zero-order chi connectivity index (χ0) is 47.6. The van der Waals surface area contributed by atoms with E-state index in [0.717, 1.165) is 0 Å². The molecular weight excluding hydrogens is 875 g/mol. The molecule has 3 rings (SSSR count). The molecule has 0 spiro atoms. The molecule has 0 aromatic rings. The van der Waals surface area contributed by atoms with Crippen molar-refractivity contribution in [1.82, 2.24) is 20.4 Å². The Morgan fingerprint density at radius 2 is 1.47 bits per heavy atom. The van der Waals surface area contributed by atoms with Crippen molar-refractivity contribution in [1.29, 1.82) is 0 Å². The van der Waals surface area contributed by atoms with Gasteiger partial charge in [0.2, 0.25) is 29.9 Å². The topological polar surface area (TPSA) is 342 Å². The van der Waals surface area contributed by atoms with Crippen molar-refractivity contribution in [3.63, 3.8) is 0 Å². The molecule has 4 amide bonds. The summed E-state index contributed by atoms with van der Waals surface area (Å²) >= 11 is 0. The van der Waals surface area contributed by atoms with E-state index in [-0.39, 0.29) is 70.4 Å². The van der Waals surface area contributed by atoms with Gasteiger partial charge in [0.05, 0.1) is 56.8 Å². The van der Waals surface area contributed by atoms with Crippen LogP contribution < -0.4 is 10.6 Å². The standard InChI is InChI=1S/C39H71N4O20P/c1-23(46)30(19-44)61-39(37(54)41-25(3)48)59-14-10-6-7-11-32(50)42-17-28(49)15-26(42)22-60-64(55,56)63-29-16-27(21-57-4)43(18-29)33(51)12-8-5-9-13-58-38-34(40-24(2)47)36(53)35(52)31(20-45)62-38/h23,26-31,34-39,44-46,49,52-54H,5-22H2,1-4H3,(H,40,47)(H,41,48)(H,55,56)/t23?,26-,27-,28+,29+,30?,31?,34?,35?,36?,37?,38?,39?/m0/s1. The van der Waals surface area contributed by atoms with Gasteiger partial charge < -0.3 is 84.8 Å². The van der Waals surface area contributed by atoms with Crippen LogP contribution in [0.2, 0.25) is 0 Å². The molecule has 10 unspecified atom stereocenters. The Labute approximate surface area is 373 Å². The molecule has 3 aliphatic rings. The van der Waals surface area contributed by atoms with Crippen LogP contribution in [0.4, 0.5) is 0 Å². The van der Waals surface area contributed by atoms with Crippen LogP contribution in [0.25, 0.3) is 0 Å². The second-order valence-corrected chi connectivity index (χ2v) is 17.8. The van der Waals surface area contributed by atoms with Crippen molar-refractivity contribution in [2.75, 3.05) is 59.8 Å². The zero-order valence-corrected chi connectivity index (χ0v) is 37.9. The number of likely N-dealkylation sites (tertiary alicyclic amines) is 2. The Morgan fingerprint density at radius 3 is 2.05 bits per heavy atom. The van der Waals surface area contributed by atoms with Crippen LogP contribution in [-0.2, 0) is 56.5 Å². The third-order valence-corrected chi connectivity index (χ3v) is 12.0. The van der Waals surface area contributed by atoms with Crippen LogP contribution in [0, 0.1) is 0 Å². The maximum Gasteiger partial charge on any atom is 0.472 e. The van der Waals surface area contributed by atoms with E-state index < -0.39 is 119 Å². The minimum Gasteiger partial charge on any atom is -0.394 e. The molecule has 3 saturated heterocycles. The number of phosphoric ester groups is 1. The van der Waals surface area contributed by atoms with Gasteiger partial charge in [-0.05, 0) is 45.4 Å². The number of rotatable bonds is 29. The van der Waals surface area contributed by atoms with Gasteiger partial charge in [-0.3, -0.25) is 28.2 Å². The number of amides is 4. The summed E-state index contributed by atoms with van der Waals surface area (Å²) in [5.41, 5.74) is 0. The number of unbranched alkanes of at least 4 members (excludes halogenated alkanes) is 4. The van der Waals surface area contributed by atoms with E-state index in [4.69, 9.17) is 32.7 Å². The highest BCUT2D eigenvalue weighted by molar-refractivity contribution is 7.47. The molecule has 0 aromatic carbocycles. The van der Waals surface area contributed by atoms with Crippen molar-refractivity contribution in [2.24, 2.45) is 0 Å². The van der Waals surface area contributed by atoms with Gasteiger partial charge >= 0.3 is 7.82 Å². The molecular formula is C39H71N4O20P. The average Bonchev–Trinajstić information content (AvgIpc) is 3.81. The Hall–Kier alpha value is -2.49. The molecule has 0 saturated carbocycles. The summed E-state index contributed by atoms with van der Waals surface area (Å²) in [6, 6.07) is -2.22. The molecule has 24 nitrogen and oxygen atoms in total. The van der Waals surface area contributed by atoms with E-state index in [1.807, 2.05) is 0 Å². The minimum absolute atomic E-state index is 0.0000411. The third kappa shape index (κ3) is 18.3. The van der Waals surface area contributed by atoms with E-state index in [0.29, 0.717) is 38.5 Å². The summed E-state index contributed by atoms with van der Waals surface area (Å²) in [5.74, 6) is -1.56. The maximum atomic E-state index is 13.3. The summed E-state index contributed by atoms with van der Waals surface area (Å²) in [6.07, 6.45) is -8.64. The van der Waals surface area contributed by atoms with E-state index in [1.165, 1.54) is 37.7 Å². The first-order valence-corrected chi connectivity index (χ1v) is 23.2. The zero-order valence-electron chi connectivity index (χ0n) is 37.1. The second-order valence-electron chi connectivity index (χ2n) is 16.4. The highest BCUT2D eigenvalue weighted by Gasteiger charge is 2.46. The van der Waals surface area contributed by atoms with E-state index in [1.54, 1.807) is 0 Å². The Bertz CT molecular complexity index is 1490. The van der Waals surface area contributed by atoms with Gasteiger partial charge in [-0.25, -0.2) is 4.57 Å². The average molecular weight is 947 g/mol. The van der Waals surface area contributed by atoms with E-state index in [9.17, 15) is 64.4 Å².